The van der Waals surface area contributed by atoms with Gasteiger partial charge in [-0.05, 0) is 61.9 Å². The van der Waals surface area contributed by atoms with E-state index in [4.69, 9.17) is 4.74 Å². The van der Waals surface area contributed by atoms with Crippen molar-refractivity contribution in [3.05, 3.63) is 84.4 Å². The lowest BCUT2D eigenvalue weighted by Gasteiger charge is -2.20. The maximum Gasteiger partial charge on any atom is 0.265 e. The molecule has 1 N–H and O–H groups in total. The van der Waals surface area contributed by atoms with Gasteiger partial charge in [-0.25, -0.2) is 8.42 Å². The van der Waals surface area contributed by atoms with Crippen molar-refractivity contribution in [2.24, 2.45) is 0 Å². The zero-order valence-corrected chi connectivity index (χ0v) is 17.9. The third-order valence-electron chi connectivity index (χ3n) is 4.55. The first-order valence-electron chi connectivity index (χ1n) is 9.45. The Kier molecular flexibility index (Phi) is 6.42. The molecule has 30 heavy (non-hydrogen) atoms. The first-order chi connectivity index (χ1) is 14.3. The van der Waals surface area contributed by atoms with Gasteiger partial charge >= 0.3 is 0 Å². The number of carbonyl (C=O) groups is 1. The molecule has 0 aliphatic carbocycles. The van der Waals surface area contributed by atoms with Crippen molar-refractivity contribution in [2.45, 2.75) is 24.8 Å². The van der Waals surface area contributed by atoms with Gasteiger partial charge in [0.1, 0.15) is 5.75 Å². The lowest BCUT2D eigenvalue weighted by molar-refractivity contribution is -0.122. The number of anilines is 2. The molecule has 3 aromatic carbocycles. The van der Waals surface area contributed by atoms with Gasteiger partial charge in [-0.3, -0.25) is 9.10 Å². The van der Waals surface area contributed by atoms with E-state index in [1.165, 1.54) is 23.5 Å². The smallest absolute Gasteiger partial charge is 0.265 e. The van der Waals surface area contributed by atoms with Crippen LogP contribution in [0.2, 0.25) is 0 Å². The molecule has 0 aromatic heterocycles. The summed E-state index contributed by atoms with van der Waals surface area (Å²) in [6.07, 6.45) is -0.751. The van der Waals surface area contributed by atoms with Crippen molar-refractivity contribution in [2.75, 3.05) is 16.7 Å². The Morgan fingerprint density at radius 1 is 0.967 bits per heavy atom. The Morgan fingerprint density at radius 2 is 1.67 bits per heavy atom. The summed E-state index contributed by atoms with van der Waals surface area (Å²) in [6, 6.07) is 22.4. The Labute approximate surface area is 177 Å². The maximum absolute atomic E-state index is 13.0. The van der Waals surface area contributed by atoms with Gasteiger partial charge in [-0.2, -0.15) is 0 Å². The first kappa shape index (κ1) is 21.4. The summed E-state index contributed by atoms with van der Waals surface area (Å²) in [5.74, 6) is 0.223. The average Bonchev–Trinajstić information content (AvgIpc) is 2.74. The number of hydrogen-bond donors (Lipinski definition) is 1. The van der Waals surface area contributed by atoms with Crippen molar-refractivity contribution < 1.29 is 17.9 Å². The molecule has 0 heterocycles. The fourth-order valence-electron chi connectivity index (χ4n) is 2.86. The Morgan fingerprint density at radius 3 is 2.37 bits per heavy atom. The van der Waals surface area contributed by atoms with Gasteiger partial charge in [-0.15, -0.1) is 0 Å². The normalized spacial score (nSPS) is 12.1. The van der Waals surface area contributed by atoms with Gasteiger partial charge < -0.3 is 10.1 Å². The molecule has 0 bridgehead atoms. The standard InChI is InChI=1S/C23H24N2O4S/c1-17-9-7-13-21(15-17)29-18(2)23(26)24-19-10-8-14-22(16-19)30(27,28)25(3)20-11-5-4-6-12-20/h4-16,18H,1-3H3,(H,24,26). The predicted octanol–water partition coefficient (Wildman–Crippen LogP) is 4.23. The highest BCUT2D eigenvalue weighted by Crippen LogP contribution is 2.24. The highest BCUT2D eigenvalue weighted by molar-refractivity contribution is 7.92. The van der Waals surface area contributed by atoms with Crippen LogP contribution >= 0.6 is 0 Å². The minimum Gasteiger partial charge on any atom is -0.481 e. The highest BCUT2D eigenvalue weighted by atomic mass is 32.2. The molecule has 0 radical (unpaired) electrons. The molecule has 0 saturated carbocycles. The number of amides is 1. The monoisotopic (exact) mass is 424 g/mol. The molecule has 3 rings (SSSR count). The minimum absolute atomic E-state index is 0.0823. The first-order valence-corrected chi connectivity index (χ1v) is 10.9. The Hall–Kier alpha value is -3.32. The summed E-state index contributed by atoms with van der Waals surface area (Å²) in [5.41, 5.74) is 1.95. The molecule has 1 amide bonds. The molecule has 1 unspecified atom stereocenters. The molecule has 1 atom stereocenters. The van der Waals surface area contributed by atoms with Gasteiger partial charge in [0.2, 0.25) is 0 Å². The summed E-state index contributed by atoms with van der Waals surface area (Å²) in [4.78, 5) is 12.6. The molecule has 7 heteroatoms. The third kappa shape index (κ3) is 4.99. The summed E-state index contributed by atoms with van der Waals surface area (Å²) in [5, 5.41) is 2.72. The van der Waals surface area contributed by atoms with Crippen LogP contribution in [0.15, 0.2) is 83.8 Å². The van der Waals surface area contributed by atoms with E-state index in [-0.39, 0.29) is 10.8 Å². The molecule has 3 aromatic rings. The van der Waals surface area contributed by atoms with Gasteiger partial charge in [-0.1, -0.05) is 36.4 Å². The summed E-state index contributed by atoms with van der Waals surface area (Å²) in [7, 11) is -2.28. The van der Waals surface area contributed by atoms with E-state index in [1.54, 1.807) is 49.4 Å². The molecule has 0 aliphatic rings. The SMILES string of the molecule is Cc1cccc(OC(C)C(=O)Nc2cccc(S(=O)(=O)N(C)c3ccccc3)c2)c1. The van der Waals surface area contributed by atoms with E-state index in [0.717, 1.165) is 5.56 Å². The van der Waals surface area contributed by atoms with E-state index in [1.807, 2.05) is 31.2 Å². The van der Waals surface area contributed by atoms with Crippen molar-refractivity contribution in [3.63, 3.8) is 0 Å². The second kappa shape index (κ2) is 9.00. The maximum atomic E-state index is 13.0. The van der Waals surface area contributed by atoms with Crippen molar-refractivity contribution in [1.29, 1.82) is 0 Å². The van der Waals surface area contributed by atoms with Crippen molar-refractivity contribution in [1.82, 2.24) is 0 Å². The van der Waals surface area contributed by atoms with E-state index in [2.05, 4.69) is 5.32 Å². The summed E-state index contributed by atoms with van der Waals surface area (Å²) < 4.78 is 32.8. The molecule has 156 valence electrons. The lowest BCUT2D eigenvalue weighted by atomic mass is 10.2. The van der Waals surface area contributed by atoms with Gasteiger partial charge in [0.05, 0.1) is 10.6 Å². The number of nitrogens with zero attached hydrogens (tertiary/aromatic N) is 1. The van der Waals surface area contributed by atoms with Crippen LogP contribution in [0, 0.1) is 6.92 Å². The molecule has 6 nitrogen and oxygen atoms in total. The van der Waals surface area contributed by atoms with Crippen molar-refractivity contribution in [3.8, 4) is 5.75 Å². The number of rotatable bonds is 7. The zero-order chi connectivity index (χ0) is 21.7. The minimum atomic E-state index is -3.77. The Balaban J connectivity index is 1.74. The second-order valence-electron chi connectivity index (χ2n) is 6.90. The van der Waals surface area contributed by atoms with E-state index < -0.39 is 16.1 Å². The topological polar surface area (TPSA) is 75.7 Å². The van der Waals surface area contributed by atoms with E-state index in [0.29, 0.717) is 17.1 Å². The molecule has 0 aliphatic heterocycles. The molecular formula is C23H24N2O4S. The van der Waals surface area contributed by atoms with E-state index >= 15 is 0 Å². The molecular weight excluding hydrogens is 400 g/mol. The van der Waals surface area contributed by atoms with Crippen LogP contribution in [0.5, 0.6) is 5.75 Å². The molecule has 0 fully saturated rings. The number of carbonyl (C=O) groups excluding carboxylic acids is 1. The van der Waals surface area contributed by atoms with Crippen LogP contribution < -0.4 is 14.4 Å². The van der Waals surface area contributed by atoms with Gasteiger partial charge in [0, 0.05) is 12.7 Å². The van der Waals surface area contributed by atoms with Crippen molar-refractivity contribution >= 4 is 27.3 Å². The van der Waals surface area contributed by atoms with Crippen LogP contribution in [0.4, 0.5) is 11.4 Å². The number of ether oxygens (including phenoxy) is 1. The molecule has 0 saturated heterocycles. The second-order valence-corrected chi connectivity index (χ2v) is 8.87. The average molecular weight is 425 g/mol. The number of para-hydroxylation sites is 1. The van der Waals surface area contributed by atoms with Crippen LogP contribution in [0.3, 0.4) is 0 Å². The Bertz CT molecular complexity index is 1130. The van der Waals surface area contributed by atoms with E-state index in [9.17, 15) is 13.2 Å². The van der Waals surface area contributed by atoms with Crippen LogP contribution in [0.1, 0.15) is 12.5 Å². The van der Waals surface area contributed by atoms with Crippen LogP contribution in [-0.4, -0.2) is 27.5 Å². The number of aryl methyl sites for hydroxylation is 1. The predicted molar refractivity (Wildman–Crippen MR) is 118 cm³/mol. The van der Waals surface area contributed by atoms with Gasteiger partial charge in [0.25, 0.3) is 15.9 Å². The number of nitrogens with one attached hydrogen (secondary N) is 1. The summed E-state index contributed by atoms with van der Waals surface area (Å²) in [6.45, 7) is 3.58. The quantitative estimate of drug-likeness (QED) is 0.616. The largest absolute Gasteiger partial charge is 0.481 e. The third-order valence-corrected chi connectivity index (χ3v) is 6.33. The number of benzene rings is 3. The van der Waals surface area contributed by atoms with Gasteiger partial charge in [0.15, 0.2) is 6.10 Å². The highest BCUT2D eigenvalue weighted by Gasteiger charge is 2.22. The number of hydrogen-bond acceptors (Lipinski definition) is 4. The summed E-state index contributed by atoms with van der Waals surface area (Å²) >= 11 is 0. The van der Waals surface area contributed by atoms with Crippen LogP contribution in [-0.2, 0) is 14.8 Å². The number of sulfonamides is 1. The molecule has 0 spiro atoms. The fourth-order valence-corrected chi connectivity index (χ4v) is 4.10. The van der Waals surface area contributed by atoms with Crippen LogP contribution in [0.25, 0.3) is 0 Å². The zero-order valence-electron chi connectivity index (χ0n) is 17.1. The fraction of sp³-hybridized carbons (Fsp3) is 0.174. The lowest BCUT2D eigenvalue weighted by Crippen LogP contribution is -2.30.